The molecule has 2 aromatic rings. The summed E-state index contributed by atoms with van der Waals surface area (Å²) in [4.78, 5) is 22.5. The Morgan fingerprint density at radius 3 is 2.48 bits per heavy atom. The molecule has 25 heavy (non-hydrogen) atoms. The van der Waals surface area contributed by atoms with E-state index < -0.39 is 20.9 Å². The minimum atomic E-state index is -3.68. The molecule has 9 heteroatoms. The molecule has 2 aromatic carbocycles. The van der Waals surface area contributed by atoms with Crippen molar-refractivity contribution in [2.24, 2.45) is 0 Å². The first-order valence-electron chi connectivity index (χ1n) is 7.15. The van der Waals surface area contributed by atoms with E-state index in [0.29, 0.717) is 0 Å². The van der Waals surface area contributed by atoms with Crippen LogP contribution in [0.4, 0.5) is 5.69 Å². The lowest BCUT2D eigenvalue weighted by molar-refractivity contribution is -0.385. The van der Waals surface area contributed by atoms with Crippen molar-refractivity contribution in [3.05, 3.63) is 69.8 Å². The molecule has 0 atom stereocenters. The van der Waals surface area contributed by atoms with Crippen LogP contribution in [-0.2, 0) is 21.4 Å². The van der Waals surface area contributed by atoms with Gasteiger partial charge in [-0.1, -0.05) is 18.2 Å². The number of benzene rings is 2. The third kappa shape index (κ3) is 4.20. The van der Waals surface area contributed by atoms with E-state index in [1.807, 2.05) is 0 Å². The highest BCUT2D eigenvalue weighted by atomic mass is 32.2. The number of hydrogen-bond donors (Lipinski definition) is 0. The minimum absolute atomic E-state index is 0.0431. The Hall–Kier alpha value is -2.78. The first-order chi connectivity index (χ1) is 11.7. The molecular weight excluding hydrogens is 348 g/mol. The minimum Gasteiger partial charge on any atom is -0.457 e. The Bertz CT molecular complexity index is 908. The topological polar surface area (TPSA) is 107 Å². The summed E-state index contributed by atoms with van der Waals surface area (Å²) in [6.07, 6.45) is 0. The monoisotopic (exact) mass is 364 g/mol. The van der Waals surface area contributed by atoms with Crippen LogP contribution in [0, 0.1) is 10.1 Å². The molecule has 0 amide bonds. The maximum atomic E-state index is 12.1. The van der Waals surface area contributed by atoms with Crippen LogP contribution in [0.3, 0.4) is 0 Å². The molecule has 0 saturated carbocycles. The molecule has 0 spiro atoms. The van der Waals surface area contributed by atoms with E-state index >= 15 is 0 Å². The van der Waals surface area contributed by atoms with Crippen molar-refractivity contribution >= 4 is 21.7 Å². The van der Waals surface area contributed by atoms with Gasteiger partial charge in [0.2, 0.25) is 10.0 Å². The zero-order valence-corrected chi connectivity index (χ0v) is 14.4. The van der Waals surface area contributed by atoms with Crippen LogP contribution in [0.2, 0.25) is 0 Å². The van der Waals surface area contributed by atoms with Gasteiger partial charge in [0, 0.05) is 20.2 Å². The van der Waals surface area contributed by atoms with Gasteiger partial charge in [-0.2, -0.15) is 0 Å². The van der Waals surface area contributed by atoms with Crippen LogP contribution in [0.15, 0.2) is 53.4 Å². The second-order valence-corrected chi connectivity index (χ2v) is 7.43. The van der Waals surface area contributed by atoms with Crippen molar-refractivity contribution in [2.75, 3.05) is 14.1 Å². The van der Waals surface area contributed by atoms with Gasteiger partial charge in [0.15, 0.2) is 0 Å². The predicted molar refractivity (Wildman–Crippen MR) is 89.5 cm³/mol. The maximum Gasteiger partial charge on any atom is 0.338 e. The zero-order chi connectivity index (χ0) is 18.6. The van der Waals surface area contributed by atoms with Gasteiger partial charge in [-0.25, -0.2) is 17.5 Å². The second kappa shape index (κ2) is 7.41. The lowest BCUT2D eigenvalue weighted by atomic mass is 10.2. The molecule has 8 nitrogen and oxygen atoms in total. The van der Waals surface area contributed by atoms with Crippen LogP contribution in [0.5, 0.6) is 0 Å². The third-order valence-corrected chi connectivity index (χ3v) is 5.21. The van der Waals surface area contributed by atoms with Gasteiger partial charge in [-0.05, 0) is 24.3 Å². The molecule has 0 heterocycles. The highest BCUT2D eigenvalue weighted by Gasteiger charge is 2.20. The number of nitro benzene ring substituents is 1. The Morgan fingerprint density at radius 2 is 1.84 bits per heavy atom. The molecule has 0 bridgehead atoms. The van der Waals surface area contributed by atoms with Crippen molar-refractivity contribution in [3.63, 3.8) is 0 Å². The lowest BCUT2D eigenvalue weighted by Gasteiger charge is -2.12. The van der Waals surface area contributed by atoms with Crippen molar-refractivity contribution in [2.45, 2.75) is 11.5 Å². The summed E-state index contributed by atoms with van der Waals surface area (Å²) in [5.74, 6) is -0.769. The third-order valence-electron chi connectivity index (χ3n) is 3.40. The van der Waals surface area contributed by atoms with Gasteiger partial charge in [0.25, 0.3) is 5.69 Å². The number of sulfonamides is 1. The fourth-order valence-electron chi connectivity index (χ4n) is 2.03. The van der Waals surface area contributed by atoms with E-state index in [0.717, 1.165) is 4.31 Å². The molecular formula is C16H16N2O6S. The molecule has 0 saturated heterocycles. The molecule has 0 unspecified atom stereocenters. The standard InChI is InChI=1S/C16H16N2O6S/c1-17(2)25(22,23)14-8-5-7-12(10-14)16(19)24-11-13-6-3-4-9-15(13)18(20)21/h3-10H,11H2,1-2H3. The molecule has 132 valence electrons. The van der Waals surface area contributed by atoms with E-state index in [1.54, 1.807) is 6.07 Å². The van der Waals surface area contributed by atoms with Gasteiger partial charge in [0.1, 0.15) is 6.61 Å². The molecule has 0 N–H and O–H groups in total. The fraction of sp³-hybridized carbons (Fsp3) is 0.188. The summed E-state index contributed by atoms with van der Waals surface area (Å²) in [5.41, 5.74) is 0.138. The van der Waals surface area contributed by atoms with E-state index in [9.17, 15) is 23.3 Å². The Labute approximate surface area is 144 Å². The van der Waals surface area contributed by atoms with Gasteiger partial charge in [0.05, 0.1) is 20.9 Å². The number of esters is 1. The van der Waals surface area contributed by atoms with Crippen molar-refractivity contribution in [1.29, 1.82) is 0 Å². The van der Waals surface area contributed by atoms with E-state index in [4.69, 9.17) is 4.74 Å². The number of nitrogens with zero attached hydrogens (tertiary/aromatic N) is 2. The van der Waals surface area contributed by atoms with Gasteiger partial charge in [-0.3, -0.25) is 10.1 Å². The zero-order valence-electron chi connectivity index (χ0n) is 13.6. The lowest BCUT2D eigenvalue weighted by Crippen LogP contribution is -2.22. The van der Waals surface area contributed by atoms with E-state index in [1.165, 1.54) is 56.6 Å². The molecule has 0 aromatic heterocycles. The number of nitro groups is 1. The summed E-state index contributed by atoms with van der Waals surface area (Å²) in [5, 5.41) is 10.9. The van der Waals surface area contributed by atoms with Crippen LogP contribution in [0.25, 0.3) is 0 Å². The normalized spacial score (nSPS) is 11.3. The average Bonchev–Trinajstić information content (AvgIpc) is 2.59. The Balaban J connectivity index is 2.19. The Kier molecular flexibility index (Phi) is 5.50. The first kappa shape index (κ1) is 18.6. The molecule has 0 aliphatic rings. The molecule has 0 aliphatic carbocycles. The van der Waals surface area contributed by atoms with Crippen molar-refractivity contribution < 1.29 is 22.9 Å². The van der Waals surface area contributed by atoms with Gasteiger partial charge < -0.3 is 4.74 Å². The molecule has 0 radical (unpaired) electrons. The number of ether oxygens (including phenoxy) is 1. The van der Waals surface area contributed by atoms with E-state index in [-0.39, 0.29) is 28.3 Å². The van der Waals surface area contributed by atoms with Crippen LogP contribution >= 0.6 is 0 Å². The predicted octanol–water partition coefficient (Wildman–Crippen LogP) is 2.20. The Morgan fingerprint density at radius 1 is 1.16 bits per heavy atom. The highest BCUT2D eigenvalue weighted by Crippen LogP contribution is 2.20. The molecule has 2 rings (SSSR count). The van der Waals surface area contributed by atoms with Gasteiger partial charge >= 0.3 is 5.97 Å². The van der Waals surface area contributed by atoms with Crippen LogP contribution in [-0.4, -0.2) is 37.7 Å². The quantitative estimate of drug-likeness (QED) is 0.442. The average molecular weight is 364 g/mol. The van der Waals surface area contributed by atoms with Crippen LogP contribution < -0.4 is 0 Å². The summed E-state index contributed by atoms with van der Waals surface area (Å²) in [6.45, 7) is -0.291. The first-order valence-corrected chi connectivity index (χ1v) is 8.59. The number of para-hydroxylation sites is 1. The second-order valence-electron chi connectivity index (χ2n) is 5.28. The summed E-state index contributed by atoms with van der Waals surface area (Å²) in [6, 6.07) is 11.3. The summed E-state index contributed by atoms with van der Waals surface area (Å²) >= 11 is 0. The molecule has 0 fully saturated rings. The number of carbonyl (C=O) groups excluding carboxylic acids is 1. The van der Waals surface area contributed by atoms with Crippen molar-refractivity contribution in [3.8, 4) is 0 Å². The highest BCUT2D eigenvalue weighted by molar-refractivity contribution is 7.89. The SMILES string of the molecule is CN(C)S(=O)(=O)c1cccc(C(=O)OCc2ccccc2[N+](=O)[O-])c1. The molecule has 0 aliphatic heterocycles. The maximum absolute atomic E-state index is 12.1. The summed E-state index contributed by atoms with van der Waals surface area (Å²) < 4.78 is 30.3. The van der Waals surface area contributed by atoms with Crippen LogP contribution in [0.1, 0.15) is 15.9 Å². The number of carbonyl (C=O) groups is 1. The number of hydrogen-bond acceptors (Lipinski definition) is 6. The number of rotatable bonds is 6. The largest absolute Gasteiger partial charge is 0.457 e. The smallest absolute Gasteiger partial charge is 0.338 e. The van der Waals surface area contributed by atoms with Crippen molar-refractivity contribution in [1.82, 2.24) is 4.31 Å². The summed E-state index contributed by atoms with van der Waals surface area (Å²) in [7, 11) is -0.914. The van der Waals surface area contributed by atoms with E-state index in [2.05, 4.69) is 0 Å². The van der Waals surface area contributed by atoms with Gasteiger partial charge in [-0.15, -0.1) is 0 Å². The fourth-order valence-corrected chi connectivity index (χ4v) is 2.98.